The topological polar surface area (TPSA) is 66.9 Å². The molecule has 6 nitrogen and oxygen atoms in total. The first-order valence-electron chi connectivity index (χ1n) is 9.96. The number of ether oxygens (including phenoxy) is 1. The zero-order chi connectivity index (χ0) is 20.9. The van der Waals surface area contributed by atoms with Crippen LogP contribution in [0.15, 0.2) is 59.5 Å². The highest BCUT2D eigenvalue weighted by atomic mass is 32.2. The van der Waals surface area contributed by atoms with Gasteiger partial charge in [-0.3, -0.25) is 19.3 Å². The van der Waals surface area contributed by atoms with Crippen LogP contribution in [0.5, 0.6) is 11.5 Å². The third-order valence-electron chi connectivity index (χ3n) is 5.01. The summed E-state index contributed by atoms with van der Waals surface area (Å²) >= 11 is 0.862. The van der Waals surface area contributed by atoms with Gasteiger partial charge in [0.05, 0.1) is 4.91 Å². The summed E-state index contributed by atoms with van der Waals surface area (Å²) in [5.41, 5.74) is 0.747. The third-order valence-corrected chi connectivity index (χ3v) is 5.92. The van der Waals surface area contributed by atoms with Gasteiger partial charge in [-0.25, -0.2) is 0 Å². The third kappa shape index (κ3) is 4.74. The van der Waals surface area contributed by atoms with Crippen molar-refractivity contribution in [1.82, 2.24) is 9.80 Å². The molecule has 2 saturated heterocycles. The number of thioether (sulfide) groups is 1. The molecule has 0 radical (unpaired) electrons. The van der Waals surface area contributed by atoms with E-state index in [1.54, 1.807) is 17.0 Å². The van der Waals surface area contributed by atoms with E-state index in [1.807, 2.05) is 48.5 Å². The Hall–Kier alpha value is -3.06. The molecule has 2 aliphatic heterocycles. The van der Waals surface area contributed by atoms with E-state index < -0.39 is 11.1 Å². The molecule has 0 bridgehead atoms. The molecule has 0 aromatic heterocycles. The Balaban J connectivity index is 1.45. The van der Waals surface area contributed by atoms with E-state index in [4.69, 9.17) is 4.74 Å². The molecule has 2 aromatic rings. The van der Waals surface area contributed by atoms with Crippen molar-refractivity contribution in [3.05, 3.63) is 65.1 Å². The average Bonchev–Trinajstić information content (AvgIpc) is 3.02. The summed E-state index contributed by atoms with van der Waals surface area (Å²) in [6.45, 7) is 1.19. The summed E-state index contributed by atoms with van der Waals surface area (Å²) < 4.78 is 5.82. The largest absolute Gasteiger partial charge is 0.457 e. The number of nitrogens with zero attached hydrogens (tertiary/aromatic N) is 2. The van der Waals surface area contributed by atoms with E-state index in [9.17, 15) is 14.4 Å². The van der Waals surface area contributed by atoms with E-state index in [2.05, 4.69) is 0 Å². The minimum Gasteiger partial charge on any atom is -0.457 e. The fourth-order valence-electron chi connectivity index (χ4n) is 3.46. The van der Waals surface area contributed by atoms with Crippen molar-refractivity contribution in [1.29, 1.82) is 0 Å². The normalized spacial score (nSPS) is 18.2. The van der Waals surface area contributed by atoms with E-state index in [0.717, 1.165) is 41.5 Å². The van der Waals surface area contributed by atoms with Gasteiger partial charge in [0.2, 0.25) is 5.91 Å². The van der Waals surface area contributed by atoms with Gasteiger partial charge in [-0.05, 0) is 66.9 Å². The molecule has 30 heavy (non-hydrogen) atoms. The number of carbonyl (C=O) groups is 3. The zero-order valence-corrected chi connectivity index (χ0v) is 17.3. The molecule has 154 valence electrons. The van der Waals surface area contributed by atoms with E-state index in [-0.39, 0.29) is 12.5 Å². The summed E-state index contributed by atoms with van der Waals surface area (Å²) in [7, 11) is 0. The van der Waals surface area contributed by atoms with Gasteiger partial charge in [0.25, 0.3) is 11.1 Å². The number of carbonyl (C=O) groups excluding carboxylic acids is 3. The Morgan fingerprint density at radius 2 is 1.70 bits per heavy atom. The highest BCUT2D eigenvalue weighted by molar-refractivity contribution is 8.18. The SMILES string of the molecule is O=C(CN1C(=O)S/C(=C\c2cccc(Oc3ccccc3)c2)C1=O)N1CCCCC1. The number of para-hydroxylation sites is 1. The van der Waals surface area contributed by atoms with Crippen molar-refractivity contribution in [2.45, 2.75) is 19.3 Å². The molecule has 0 spiro atoms. The Bertz CT molecular complexity index is 984. The quantitative estimate of drug-likeness (QED) is 0.663. The van der Waals surface area contributed by atoms with E-state index in [1.165, 1.54) is 0 Å². The summed E-state index contributed by atoms with van der Waals surface area (Å²) in [5, 5.41) is -0.409. The van der Waals surface area contributed by atoms with Crippen LogP contribution in [0, 0.1) is 0 Å². The molecule has 7 heteroatoms. The van der Waals surface area contributed by atoms with Gasteiger partial charge in [0, 0.05) is 13.1 Å². The fourth-order valence-corrected chi connectivity index (χ4v) is 4.30. The average molecular weight is 423 g/mol. The van der Waals surface area contributed by atoms with Crippen LogP contribution in [-0.4, -0.2) is 46.5 Å². The van der Waals surface area contributed by atoms with E-state index in [0.29, 0.717) is 29.5 Å². The lowest BCUT2D eigenvalue weighted by molar-refractivity contribution is -0.136. The van der Waals surface area contributed by atoms with Crippen LogP contribution < -0.4 is 4.74 Å². The maximum Gasteiger partial charge on any atom is 0.294 e. The molecule has 0 atom stereocenters. The number of piperidine rings is 1. The summed E-state index contributed by atoms with van der Waals surface area (Å²) in [4.78, 5) is 40.6. The summed E-state index contributed by atoms with van der Waals surface area (Å²) in [6.07, 6.45) is 4.71. The number of imide groups is 1. The molecule has 2 aliphatic rings. The molecule has 4 rings (SSSR count). The number of hydrogen-bond donors (Lipinski definition) is 0. The molecule has 3 amide bonds. The number of benzene rings is 2. The maximum absolute atomic E-state index is 12.7. The lowest BCUT2D eigenvalue weighted by atomic mass is 10.1. The Morgan fingerprint density at radius 1 is 0.967 bits per heavy atom. The molecule has 2 fully saturated rings. The molecular formula is C23H22N2O4S. The van der Waals surface area contributed by atoms with Crippen LogP contribution in [0.3, 0.4) is 0 Å². The zero-order valence-electron chi connectivity index (χ0n) is 16.5. The molecule has 2 heterocycles. The molecule has 0 unspecified atom stereocenters. The van der Waals surface area contributed by atoms with Crippen LogP contribution >= 0.6 is 11.8 Å². The second-order valence-electron chi connectivity index (χ2n) is 7.20. The predicted molar refractivity (Wildman–Crippen MR) is 116 cm³/mol. The van der Waals surface area contributed by atoms with Gasteiger partial charge in [0.15, 0.2) is 0 Å². The highest BCUT2D eigenvalue weighted by Crippen LogP contribution is 2.33. The van der Waals surface area contributed by atoms with Crippen molar-refractivity contribution >= 4 is 34.9 Å². The van der Waals surface area contributed by atoms with Gasteiger partial charge < -0.3 is 9.64 Å². The Labute approximate surface area is 179 Å². The molecule has 0 saturated carbocycles. The van der Waals surface area contributed by atoms with Crippen LogP contribution in [0.1, 0.15) is 24.8 Å². The van der Waals surface area contributed by atoms with Crippen molar-refractivity contribution in [2.24, 2.45) is 0 Å². The van der Waals surface area contributed by atoms with Gasteiger partial charge in [0.1, 0.15) is 18.0 Å². The number of amides is 3. The second kappa shape index (κ2) is 9.17. The molecule has 2 aromatic carbocycles. The van der Waals surface area contributed by atoms with Crippen LogP contribution in [0.2, 0.25) is 0 Å². The highest BCUT2D eigenvalue weighted by Gasteiger charge is 2.37. The monoisotopic (exact) mass is 422 g/mol. The minimum atomic E-state index is -0.426. The standard InChI is InChI=1S/C23H22N2O4S/c26-21(24-12-5-2-6-13-24)16-25-22(27)20(30-23(25)28)15-17-8-7-11-19(14-17)29-18-9-3-1-4-10-18/h1,3-4,7-11,14-15H,2,5-6,12-13,16H2/b20-15-. The van der Waals surface area contributed by atoms with Crippen LogP contribution in [0.25, 0.3) is 6.08 Å². The minimum absolute atomic E-state index is 0.170. The lowest BCUT2D eigenvalue weighted by Crippen LogP contribution is -2.44. The fraction of sp³-hybridized carbons (Fsp3) is 0.261. The second-order valence-corrected chi connectivity index (χ2v) is 8.19. The van der Waals surface area contributed by atoms with Crippen LogP contribution in [-0.2, 0) is 9.59 Å². The predicted octanol–water partition coefficient (Wildman–Crippen LogP) is 4.53. The van der Waals surface area contributed by atoms with Crippen molar-refractivity contribution in [3.8, 4) is 11.5 Å². The molecule has 0 aliphatic carbocycles. The molecular weight excluding hydrogens is 400 g/mol. The lowest BCUT2D eigenvalue weighted by Gasteiger charge is -2.27. The first-order chi connectivity index (χ1) is 14.6. The van der Waals surface area contributed by atoms with E-state index >= 15 is 0 Å². The number of hydrogen-bond acceptors (Lipinski definition) is 5. The van der Waals surface area contributed by atoms with Gasteiger partial charge in [-0.15, -0.1) is 0 Å². The van der Waals surface area contributed by atoms with Crippen molar-refractivity contribution in [3.63, 3.8) is 0 Å². The summed E-state index contributed by atoms with van der Waals surface area (Å²) in [6, 6.07) is 16.7. The van der Waals surface area contributed by atoms with Crippen molar-refractivity contribution in [2.75, 3.05) is 19.6 Å². The molecule has 0 N–H and O–H groups in total. The first-order valence-corrected chi connectivity index (χ1v) is 10.8. The maximum atomic E-state index is 12.7. The Kier molecular flexibility index (Phi) is 6.18. The summed E-state index contributed by atoms with van der Waals surface area (Å²) in [5.74, 6) is 0.752. The smallest absolute Gasteiger partial charge is 0.294 e. The van der Waals surface area contributed by atoms with Gasteiger partial charge in [-0.1, -0.05) is 30.3 Å². The van der Waals surface area contributed by atoms with Crippen molar-refractivity contribution < 1.29 is 19.1 Å². The van der Waals surface area contributed by atoms with Crippen LogP contribution in [0.4, 0.5) is 4.79 Å². The first kappa shape index (κ1) is 20.2. The Morgan fingerprint density at radius 3 is 2.47 bits per heavy atom. The number of likely N-dealkylation sites (tertiary alicyclic amines) is 1. The van der Waals surface area contributed by atoms with Gasteiger partial charge >= 0.3 is 0 Å². The number of rotatable bonds is 5. The van der Waals surface area contributed by atoms with Gasteiger partial charge in [-0.2, -0.15) is 0 Å².